The average molecular weight is 350 g/mol. The van der Waals surface area contributed by atoms with Crippen LogP contribution in [0.3, 0.4) is 0 Å². The number of para-hydroxylation sites is 1. The molecule has 0 bridgehead atoms. The predicted molar refractivity (Wildman–Crippen MR) is 101 cm³/mol. The highest BCUT2D eigenvalue weighted by atomic mass is 16.5. The summed E-state index contributed by atoms with van der Waals surface area (Å²) in [5, 5.41) is 4.49. The number of fused-ring (bicyclic) bond motifs is 1. The van der Waals surface area contributed by atoms with Gasteiger partial charge in [0.25, 0.3) is 5.56 Å². The summed E-state index contributed by atoms with van der Waals surface area (Å²) in [7, 11) is 0. The standard InChI is InChI=1S/C19H18N4O3/c24-18-16-3-1-2-4-17(16)21-19(25)23(18)20-13-14-5-7-15(8-6-14)22-9-11-26-12-10-22/h1-8,13H,9-12H2,(H,21,25). The number of aromatic amines is 1. The lowest BCUT2D eigenvalue weighted by Gasteiger charge is -2.28. The van der Waals surface area contributed by atoms with Gasteiger partial charge in [-0.2, -0.15) is 5.10 Å². The number of benzene rings is 2. The second-order valence-electron chi connectivity index (χ2n) is 6.03. The Labute approximate surface area is 149 Å². The lowest BCUT2D eigenvalue weighted by atomic mass is 10.2. The van der Waals surface area contributed by atoms with E-state index in [4.69, 9.17) is 4.74 Å². The molecule has 7 heteroatoms. The summed E-state index contributed by atoms with van der Waals surface area (Å²) in [6, 6.07) is 14.7. The summed E-state index contributed by atoms with van der Waals surface area (Å²) < 4.78 is 6.20. The highest BCUT2D eigenvalue weighted by molar-refractivity contribution is 5.81. The van der Waals surface area contributed by atoms with E-state index >= 15 is 0 Å². The van der Waals surface area contributed by atoms with Crippen molar-refractivity contribution < 1.29 is 4.74 Å². The van der Waals surface area contributed by atoms with E-state index < -0.39 is 11.2 Å². The number of aromatic nitrogens is 2. The molecule has 4 rings (SSSR count). The third-order valence-corrected chi connectivity index (χ3v) is 4.38. The number of nitrogens with zero attached hydrogens (tertiary/aromatic N) is 3. The lowest BCUT2D eigenvalue weighted by Crippen LogP contribution is -2.36. The number of hydrogen-bond donors (Lipinski definition) is 1. The van der Waals surface area contributed by atoms with E-state index in [0.717, 1.165) is 42.2 Å². The first-order chi connectivity index (χ1) is 12.7. The number of ether oxygens (including phenoxy) is 1. The van der Waals surface area contributed by atoms with Crippen molar-refractivity contribution in [2.24, 2.45) is 5.10 Å². The summed E-state index contributed by atoms with van der Waals surface area (Å²) in [6.45, 7) is 3.21. The number of rotatable bonds is 3. The zero-order valence-electron chi connectivity index (χ0n) is 14.1. The van der Waals surface area contributed by atoms with Gasteiger partial charge in [-0.3, -0.25) is 4.79 Å². The van der Waals surface area contributed by atoms with Crippen LogP contribution in [-0.2, 0) is 4.74 Å². The fraction of sp³-hybridized carbons (Fsp3) is 0.211. The smallest absolute Gasteiger partial charge is 0.349 e. The third-order valence-electron chi connectivity index (χ3n) is 4.38. The number of nitrogens with one attached hydrogen (secondary N) is 1. The van der Waals surface area contributed by atoms with Gasteiger partial charge in [0.2, 0.25) is 0 Å². The molecule has 1 N–H and O–H groups in total. The van der Waals surface area contributed by atoms with Gasteiger partial charge in [0.1, 0.15) is 0 Å². The first-order valence-corrected chi connectivity index (χ1v) is 8.43. The summed E-state index contributed by atoms with van der Waals surface area (Å²) in [5.41, 5.74) is 1.43. The molecule has 0 aliphatic carbocycles. The minimum absolute atomic E-state index is 0.423. The summed E-state index contributed by atoms with van der Waals surface area (Å²) >= 11 is 0. The number of anilines is 1. The highest BCUT2D eigenvalue weighted by Crippen LogP contribution is 2.16. The summed E-state index contributed by atoms with van der Waals surface area (Å²) in [6.07, 6.45) is 1.51. The van der Waals surface area contributed by atoms with Gasteiger partial charge in [-0.15, -0.1) is 4.68 Å². The Morgan fingerprint density at radius 3 is 2.50 bits per heavy atom. The Hall–Kier alpha value is -3.19. The Kier molecular flexibility index (Phi) is 4.37. The molecular weight excluding hydrogens is 332 g/mol. The molecular formula is C19H18N4O3. The molecule has 1 saturated heterocycles. The minimum Gasteiger partial charge on any atom is -0.378 e. The Balaban J connectivity index is 1.61. The molecule has 0 radical (unpaired) electrons. The molecule has 7 nitrogen and oxygen atoms in total. The molecule has 1 aromatic heterocycles. The van der Waals surface area contributed by atoms with E-state index in [-0.39, 0.29) is 0 Å². The van der Waals surface area contributed by atoms with E-state index in [1.165, 1.54) is 6.21 Å². The van der Waals surface area contributed by atoms with Crippen LogP contribution in [0.25, 0.3) is 10.9 Å². The minimum atomic E-state index is -0.560. The normalized spacial score (nSPS) is 15.0. The van der Waals surface area contributed by atoms with Crippen molar-refractivity contribution in [3.8, 4) is 0 Å². The molecule has 0 saturated carbocycles. The number of H-pyrrole nitrogens is 1. The molecule has 1 fully saturated rings. The first kappa shape index (κ1) is 16.3. The molecule has 0 amide bonds. The van der Waals surface area contributed by atoms with Gasteiger partial charge >= 0.3 is 5.69 Å². The topological polar surface area (TPSA) is 79.7 Å². The monoisotopic (exact) mass is 350 g/mol. The molecule has 3 aromatic rings. The van der Waals surface area contributed by atoms with Gasteiger partial charge in [-0.1, -0.05) is 24.3 Å². The van der Waals surface area contributed by atoms with Crippen molar-refractivity contribution in [3.05, 3.63) is 74.9 Å². The van der Waals surface area contributed by atoms with Gasteiger partial charge in [-0.05, 0) is 29.8 Å². The Bertz CT molecular complexity index is 1060. The van der Waals surface area contributed by atoms with E-state index in [9.17, 15) is 9.59 Å². The second kappa shape index (κ2) is 6.97. The maximum atomic E-state index is 12.4. The van der Waals surface area contributed by atoms with Crippen molar-refractivity contribution >= 4 is 22.8 Å². The van der Waals surface area contributed by atoms with Crippen LogP contribution in [0.2, 0.25) is 0 Å². The molecule has 2 heterocycles. The van der Waals surface area contributed by atoms with Gasteiger partial charge < -0.3 is 14.6 Å². The van der Waals surface area contributed by atoms with Crippen LogP contribution in [-0.4, -0.2) is 42.2 Å². The van der Waals surface area contributed by atoms with Gasteiger partial charge in [0.15, 0.2) is 0 Å². The zero-order chi connectivity index (χ0) is 17.9. The first-order valence-electron chi connectivity index (χ1n) is 8.43. The number of hydrogen-bond acceptors (Lipinski definition) is 5. The van der Waals surface area contributed by atoms with Crippen molar-refractivity contribution in [3.63, 3.8) is 0 Å². The van der Waals surface area contributed by atoms with Crippen molar-refractivity contribution in [1.82, 2.24) is 9.66 Å². The van der Waals surface area contributed by atoms with E-state index in [1.54, 1.807) is 24.3 Å². The van der Waals surface area contributed by atoms with E-state index in [1.807, 2.05) is 24.3 Å². The lowest BCUT2D eigenvalue weighted by molar-refractivity contribution is 0.122. The quantitative estimate of drug-likeness (QED) is 0.725. The maximum absolute atomic E-state index is 12.4. The van der Waals surface area contributed by atoms with Crippen LogP contribution < -0.4 is 16.1 Å². The van der Waals surface area contributed by atoms with Crippen LogP contribution in [0, 0.1) is 0 Å². The molecule has 1 aliphatic rings. The SMILES string of the molecule is O=c1[nH]c2ccccc2c(=O)n1N=Cc1ccc(N2CCOCC2)cc1. The summed E-state index contributed by atoms with van der Waals surface area (Å²) in [4.78, 5) is 29.5. The van der Waals surface area contributed by atoms with Crippen molar-refractivity contribution in [2.45, 2.75) is 0 Å². The van der Waals surface area contributed by atoms with Crippen LogP contribution in [0.5, 0.6) is 0 Å². The number of morpholine rings is 1. The van der Waals surface area contributed by atoms with Crippen LogP contribution >= 0.6 is 0 Å². The molecule has 0 unspecified atom stereocenters. The summed E-state index contributed by atoms with van der Waals surface area (Å²) in [5.74, 6) is 0. The van der Waals surface area contributed by atoms with E-state index in [0.29, 0.717) is 10.9 Å². The molecule has 26 heavy (non-hydrogen) atoms. The molecule has 1 aliphatic heterocycles. The second-order valence-corrected chi connectivity index (χ2v) is 6.03. The fourth-order valence-electron chi connectivity index (χ4n) is 2.98. The van der Waals surface area contributed by atoms with E-state index in [2.05, 4.69) is 15.0 Å². The Morgan fingerprint density at radius 1 is 1.00 bits per heavy atom. The molecule has 132 valence electrons. The highest BCUT2D eigenvalue weighted by Gasteiger charge is 2.10. The van der Waals surface area contributed by atoms with Gasteiger partial charge in [0.05, 0.1) is 30.3 Å². The fourth-order valence-corrected chi connectivity index (χ4v) is 2.98. The molecule has 0 atom stereocenters. The molecule has 0 spiro atoms. The largest absolute Gasteiger partial charge is 0.378 e. The van der Waals surface area contributed by atoms with Crippen molar-refractivity contribution in [1.29, 1.82) is 0 Å². The zero-order valence-corrected chi connectivity index (χ0v) is 14.1. The predicted octanol–water partition coefficient (Wildman–Crippen LogP) is 1.41. The van der Waals surface area contributed by atoms with Crippen LogP contribution in [0.1, 0.15) is 5.56 Å². The van der Waals surface area contributed by atoms with Gasteiger partial charge in [-0.25, -0.2) is 4.79 Å². The third kappa shape index (κ3) is 3.16. The Morgan fingerprint density at radius 2 is 1.73 bits per heavy atom. The van der Waals surface area contributed by atoms with Crippen LogP contribution in [0.4, 0.5) is 5.69 Å². The maximum Gasteiger partial charge on any atom is 0.349 e. The molecule has 2 aromatic carbocycles. The van der Waals surface area contributed by atoms with Gasteiger partial charge in [0, 0.05) is 18.8 Å². The van der Waals surface area contributed by atoms with Crippen LogP contribution in [0.15, 0.2) is 63.2 Å². The average Bonchev–Trinajstić information content (AvgIpc) is 2.69. The van der Waals surface area contributed by atoms with Crippen molar-refractivity contribution in [2.75, 3.05) is 31.2 Å².